The molecule has 7 amide bonds. The van der Waals surface area contributed by atoms with Crippen molar-refractivity contribution in [3.05, 3.63) is 50.6 Å². The van der Waals surface area contributed by atoms with Gasteiger partial charge in [-0.1, -0.05) is 64.5 Å². The van der Waals surface area contributed by atoms with Crippen molar-refractivity contribution in [2.45, 2.75) is 95.9 Å². The minimum Gasteiger partial charge on any atom is -0.480 e. The van der Waals surface area contributed by atoms with Gasteiger partial charge >= 0.3 is 30.0 Å². The lowest BCUT2D eigenvalue weighted by atomic mass is 10.0. The van der Waals surface area contributed by atoms with E-state index in [0.717, 1.165) is 0 Å². The second-order valence-electron chi connectivity index (χ2n) is 14.0. The molecule has 0 spiro atoms. The molecule has 5 atom stereocenters. The van der Waals surface area contributed by atoms with Crippen LogP contribution in [-0.2, 0) is 66.9 Å². The summed E-state index contributed by atoms with van der Waals surface area (Å²) in [5.74, 6) is -10.6. The average molecular weight is 908 g/mol. The highest BCUT2D eigenvalue weighted by atomic mass is 16.6. The van der Waals surface area contributed by atoms with Crippen LogP contribution in [0.1, 0.15) is 65.7 Å². The summed E-state index contributed by atoms with van der Waals surface area (Å²) in [7, 11) is 0. The molecule has 0 aliphatic rings. The summed E-state index contributed by atoms with van der Waals surface area (Å²) in [6.45, 7) is 16.7. The van der Waals surface area contributed by atoms with E-state index in [1.54, 1.807) is 0 Å². The van der Waals surface area contributed by atoms with Gasteiger partial charge in [0, 0.05) is 19.9 Å². The quantitative estimate of drug-likeness (QED) is 0.0172. The van der Waals surface area contributed by atoms with Gasteiger partial charge in [0.1, 0.15) is 56.6 Å². The molecule has 0 bridgehead atoms. The van der Waals surface area contributed by atoms with Crippen LogP contribution in [0, 0.1) is 5.92 Å². The number of nitrogens with one attached hydrogen (secondary N) is 7. The molecule has 0 aromatic carbocycles. The monoisotopic (exact) mass is 907 g/mol. The van der Waals surface area contributed by atoms with Crippen molar-refractivity contribution in [3.63, 3.8) is 0 Å². The Labute approximate surface area is 370 Å². The minimum atomic E-state index is -1.77. The van der Waals surface area contributed by atoms with E-state index < -0.39 is 134 Å². The lowest BCUT2D eigenvalue weighted by Crippen LogP contribution is -2.59. The molecule has 0 aromatic rings. The van der Waals surface area contributed by atoms with Crippen molar-refractivity contribution in [1.29, 1.82) is 0 Å². The number of carbonyl (C=O) groups is 11. The Morgan fingerprint density at radius 3 is 1.58 bits per heavy atom. The van der Waals surface area contributed by atoms with Gasteiger partial charge in [0.15, 0.2) is 0 Å². The van der Waals surface area contributed by atoms with E-state index in [0.29, 0.717) is 12.8 Å². The van der Waals surface area contributed by atoms with Crippen LogP contribution in [-0.4, -0.2) is 140 Å². The van der Waals surface area contributed by atoms with Crippen molar-refractivity contribution in [2.24, 2.45) is 5.92 Å². The summed E-state index contributed by atoms with van der Waals surface area (Å²) in [5, 5.41) is 26.2. The number of carbonyl (C=O) groups excluding carboxylic acids is 10. The van der Waals surface area contributed by atoms with E-state index in [2.05, 4.69) is 63.5 Å². The topological polar surface area (TPSA) is 329 Å². The van der Waals surface area contributed by atoms with Gasteiger partial charge in [-0.25, -0.2) is 9.59 Å². The van der Waals surface area contributed by atoms with E-state index in [-0.39, 0.29) is 39.4 Å². The Balaban J connectivity index is 6.23. The first-order chi connectivity index (χ1) is 30.3. The van der Waals surface area contributed by atoms with Crippen LogP contribution in [0.2, 0.25) is 0 Å². The summed E-state index contributed by atoms with van der Waals surface area (Å²) >= 11 is 0. The lowest BCUT2D eigenvalue weighted by molar-refractivity contribution is -0.150. The predicted molar refractivity (Wildman–Crippen MR) is 226 cm³/mol. The number of carboxylic acid groups (broad SMARTS) is 1. The molecule has 0 unspecified atom stereocenters. The summed E-state index contributed by atoms with van der Waals surface area (Å²) in [6.07, 6.45) is 2.85. The second kappa shape index (κ2) is 32.6. The Kier molecular flexibility index (Phi) is 29.0. The zero-order valence-electron chi connectivity index (χ0n) is 36.4. The van der Waals surface area contributed by atoms with Crippen LogP contribution in [0.3, 0.4) is 0 Å². The number of esters is 3. The molecule has 0 rings (SSSR count). The first kappa shape index (κ1) is 56.9. The van der Waals surface area contributed by atoms with Crippen molar-refractivity contribution >= 4 is 65.4 Å². The van der Waals surface area contributed by atoms with Gasteiger partial charge in [-0.05, 0) is 31.6 Å². The van der Waals surface area contributed by atoms with E-state index in [4.69, 9.17) is 18.9 Å². The summed E-state index contributed by atoms with van der Waals surface area (Å²) in [5.41, 5.74) is 0. The van der Waals surface area contributed by atoms with Gasteiger partial charge in [-0.2, -0.15) is 0 Å². The molecule has 0 saturated carbocycles. The first-order valence-electron chi connectivity index (χ1n) is 20.1. The minimum absolute atomic E-state index is 0.0156. The van der Waals surface area contributed by atoms with Gasteiger partial charge in [0.05, 0.1) is 19.4 Å². The van der Waals surface area contributed by atoms with Crippen LogP contribution in [0.15, 0.2) is 50.6 Å². The number of hydrogen-bond donors (Lipinski definition) is 8. The molecular weight excluding hydrogens is 846 g/mol. The van der Waals surface area contributed by atoms with Crippen LogP contribution in [0.5, 0.6) is 0 Å². The van der Waals surface area contributed by atoms with E-state index in [1.807, 2.05) is 0 Å². The number of aliphatic carboxylic acids is 1. The average Bonchev–Trinajstić information content (AvgIpc) is 3.24. The van der Waals surface area contributed by atoms with E-state index in [1.165, 1.54) is 45.1 Å². The highest BCUT2D eigenvalue weighted by Crippen LogP contribution is 2.09. The maximum Gasteiger partial charge on any atom is 0.407 e. The van der Waals surface area contributed by atoms with Gasteiger partial charge < -0.3 is 61.3 Å². The number of ether oxygens (including phenoxy) is 4. The third-order valence-corrected chi connectivity index (χ3v) is 8.25. The molecule has 0 radical (unpaired) electrons. The lowest BCUT2D eigenvalue weighted by Gasteiger charge is -2.27. The van der Waals surface area contributed by atoms with Crippen LogP contribution in [0.25, 0.3) is 0 Å². The largest absolute Gasteiger partial charge is 0.480 e. The van der Waals surface area contributed by atoms with E-state index >= 15 is 0 Å². The van der Waals surface area contributed by atoms with E-state index in [9.17, 15) is 57.8 Å². The second-order valence-corrected chi connectivity index (χ2v) is 14.0. The van der Waals surface area contributed by atoms with Gasteiger partial charge in [0.2, 0.25) is 35.4 Å². The van der Waals surface area contributed by atoms with Crippen molar-refractivity contribution in [3.8, 4) is 0 Å². The molecule has 8 N–H and O–H groups in total. The molecule has 64 heavy (non-hydrogen) atoms. The fourth-order valence-corrected chi connectivity index (χ4v) is 5.14. The number of hydrogen-bond acceptors (Lipinski definition) is 15. The maximum atomic E-state index is 13.8. The first-order valence-corrected chi connectivity index (χ1v) is 20.1. The van der Waals surface area contributed by atoms with Crippen LogP contribution in [0.4, 0.5) is 4.79 Å². The van der Waals surface area contributed by atoms with Crippen molar-refractivity contribution in [1.82, 2.24) is 37.2 Å². The highest BCUT2D eigenvalue weighted by Gasteiger charge is 2.34. The third-order valence-electron chi connectivity index (χ3n) is 8.25. The van der Waals surface area contributed by atoms with Gasteiger partial charge in [-0.15, -0.1) is 0 Å². The molecule has 0 aliphatic carbocycles. The normalized spacial score (nSPS) is 12.7. The summed E-state index contributed by atoms with van der Waals surface area (Å²) in [6, 6.07) is -7.75. The number of carboxylic acids is 1. The smallest absolute Gasteiger partial charge is 0.407 e. The number of rotatable bonds is 33. The SMILES string of the molecule is C=CCOC(=O)CC[C@H](NC(=O)[C@H](CC(=O)OCC=C)NC(=O)CNC(=O)[C@H](CCCCNC(=O)OCC=C)NC(C)=O)C(=O)N[C@H](C(=O)N[C@@H](CC(=O)OCC=C)C(=O)O)C(C)C. The summed E-state index contributed by atoms with van der Waals surface area (Å²) < 4.78 is 19.5. The Morgan fingerprint density at radius 1 is 0.547 bits per heavy atom. The summed E-state index contributed by atoms with van der Waals surface area (Å²) in [4.78, 5) is 139. The standard InChI is InChI=1S/C41H61N7O16/c1-8-18-61-32(51)16-15-28(37(55)48-35(25(5)6)39(57)47-30(40(58)59)23-34(53)63-20-10-3)46-38(56)29(22-33(52)62-19-9-2)45-31(50)24-43-36(54)27(44-26(7)49)14-12-13-17-42-41(60)64-21-11-4/h8-11,25,27-30,35H,1-4,12-24H2,5-7H3,(H,42,60)(H,43,54)(H,44,49)(H,45,50)(H,46,56)(H,47,57)(H,48,55)(H,58,59)/t27-,28-,29-,30-,35-/m0/s1. The maximum absolute atomic E-state index is 13.8. The van der Waals surface area contributed by atoms with Gasteiger partial charge in [0.25, 0.3) is 0 Å². The van der Waals surface area contributed by atoms with Crippen LogP contribution < -0.4 is 37.2 Å². The molecule has 23 nitrogen and oxygen atoms in total. The molecule has 0 heterocycles. The molecule has 0 saturated heterocycles. The Bertz CT molecular complexity index is 1680. The highest BCUT2D eigenvalue weighted by molar-refractivity contribution is 5.97. The number of alkyl carbamates (subject to hydrolysis) is 1. The zero-order valence-corrected chi connectivity index (χ0v) is 36.4. The van der Waals surface area contributed by atoms with Crippen molar-refractivity contribution in [2.75, 3.05) is 39.5 Å². The van der Waals surface area contributed by atoms with Crippen molar-refractivity contribution < 1.29 is 76.8 Å². The third kappa shape index (κ3) is 25.6. The van der Waals surface area contributed by atoms with Gasteiger partial charge in [-0.3, -0.25) is 43.2 Å². The molecule has 356 valence electrons. The number of amides is 7. The zero-order chi connectivity index (χ0) is 48.6. The fourth-order valence-electron chi connectivity index (χ4n) is 5.14. The van der Waals surface area contributed by atoms with Crippen LogP contribution >= 0.6 is 0 Å². The Morgan fingerprint density at radius 2 is 1.05 bits per heavy atom. The molecule has 0 fully saturated rings. The molecular formula is C41H61N7O16. The fraction of sp³-hybridized carbons (Fsp3) is 0.537. The predicted octanol–water partition coefficient (Wildman–Crippen LogP) is -0.882. The number of unbranched alkanes of at least 4 members (excludes halogenated alkanes) is 1. The molecule has 0 aromatic heterocycles. The molecule has 0 aliphatic heterocycles. The Hall–Kier alpha value is -7.07. The molecule has 23 heteroatoms.